The molecule has 1 aliphatic carbocycles. The Labute approximate surface area is 119 Å². The summed E-state index contributed by atoms with van der Waals surface area (Å²) in [6.07, 6.45) is 6.52. The molecular weight excluding hydrogens is 264 g/mol. The second kappa shape index (κ2) is 5.92. The molecule has 106 valence electrons. The number of ether oxygens (including phenoxy) is 1. The number of hydrogen-bond donors (Lipinski definition) is 1. The van der Waals surface area contributed by atoms with Crippen molar-refractivity contribution in [3.8, 4) is 6.01 Å². The van der Waals surface area contributed by atoms with Gasteiger partial charge in [-0.15, -0.1) is 0 Å². The normalized spacial score (nSPS) is 17.7. The van der Waals surface area contributed by atoms with E-state index in [-0.39, 0.29) is 5.54 Å². The molecule has 1 aromatic heterocycles. The lowest BCUT2D eigenvalue weighted by Gasteiger charge is -2.36. The van der Waals surface area contributed by atoms with Gasteiger partial charge in [-0.05, 0) is 26.9 Å². The molecule has 0 aromatic carbocycles. The van der Waals surface area contributed by atoms with E-state index in [2.05, 4.69) is 34.3 Å². The van der Waals surface area contributed by atoms with Gasteiger partial charge < -0.3 is 15.0 Å². The van der Waals surface area contributed by atoms with Crippen LogP contribution in [0.2, 0.25) is 5.02 Å². The summed E-state index contributed by atoms with van der Waals surface area (Å²) in [5.74, 6) is 0.640. The fourth-order valence-electron chi connectivity index (χ4n) is 2.64. The maximum absolute atomic E-state index is 6.11. The third-order valence-corrected chi connectivity index (χ3v) is 4.25. The Kier molecular flexibility index (Phi) is 4.47. The Balaban J connectivity index is 2.09. The number of hydrogen-bond acceptors (Lipinski definition) is 5. The maximum Gasteiger partial charge on any atom is 0.318 e. The van der Waals surface area contributed by atoms with Crippen LogP contribution in [0.4, 0.5) is 5.82 Å². The van der Waals surface area contributed by atoms with Gasteiger partial charge in [0.25, 0.3) is 0 Å². The Morgan fingerprint density at radius 3 is 2.68 bits per heavy atom. The van der Waals surface area contributed by atoms with Crippen LogP contribution in [0.25, 0.3) is 0 Å². The smallest absolute Gasteiger partial charge is 0.318 e. The van der Waals surface area contributed by atoms with Gasteiger partial charge >= 0.3 is 6.01 Å². The Bertz CT molecular complexity index is 433. The number of likely N-dealkylation sites (N-methyl/N-ethyl adjacent to an activating group) is 1. The predicted molar refractivity (Wildman–Crippen MR) is 77.0 cm³/mol. The lowest BCUT2D eigenvalue weighted by molar-refractivity contribution is 0.172. The zero-order chi connectivity index (χ0) is 13.9. The van der Waals surface area contributed by atoms with Gasteiger partial charge in [0.2, 0.25) is 0 Å². The van der Waals surface area contributed by atoms with Crippen LogP contribution in [-0.4, -0.2) is 48.2 Å². The molecular formula is C13H21ClN4O. The van der Waals surface area contributed by atoms with E-state index in [0.29, 0.717) is 16.9 Å². The lowest BCUT2D eigenvalue weighted by Crippen LogP contribution is -2.47. The summed E-state index contributed by atoms with van der Waals surface area (Å²) in [7, 11) is 5.82. The first-order valence-electron chi connectivity index (χ1n) is 6.55. The number of anilines is 1. The molecule has 1 fully saturated rings. The van der Waals surface area contributed by atoms with Crippen LogP contribution in [0, 0.1) is 0 Å². The number of aromatic nitrogens is 2. The van der Waals surface area contributed by atoms with Crippen molar-refractivity contribution in [1.82, 2.24) is 14.9 Å². The van der Waals surface area contributed by atoms with Gasteiger partial charge in [-0.2, -0.15) is 4.98 Å². The van der Waals surface area contributed by atoms with Crippen LogP contribution < -0.4 is 10.1 Å². The molecule has 0 aliphatic heterocycles. The minimum Gasteiger partial charge on any atom is -0.467 e. The molecule has 0 radical (unpaired) electrons. The highest BCUT2D eigenvalue weighted by molar-refractivity contribution is 6.32. The van der Waals surface area contributed by atoms with E-state index >= 15 is 0 Å². The van der Waals surface area contributed by atoms with Gasteiger partial charge in [0.05, 0.1) is 13.3 Å². The summed E-state index contributed by atoms with van der Waals surface area (Å²) in [4.78, 5) is 10.5. The van der Waals surface area contributed by atoms with Crippen LogP contribution in [0.5, 0.6) is 6.01 Å². The molecule has 0 unspecified atom stereocenters. The van der Waals surface area contributed by atoms with Gasteiger partial charge in [-0.1, -0.05) is 24.4 Å². The van der Waals surface area contributed by atoms with Gasteiger partial charge in [0.1, 0.15) is 5.02 Å². The number of nitrogens with zero attached hydrogens (tertiary/aromatic N) is 3. The van der Waals surface area contributed by atoms with Crippen molar-refractivity contribution < 1.29 is 4.74 Å². The quantitative estimate of drug-likeness (QED) is 0.900. The van der Waals surface area contributed by atoms with Gasteiger partial charge in [-0.3, -0.25) is 0 Å². The fraction of sp³-hybridized carbons (Fsp3) is 0.692. The van der Waals surface area contributed by atoms with E-state index in [4.69, 9.17) is 16.3 Å². The Morgan fingerprint density at radius 2 is 2.11 bits per heavy atom. The molecule has 0 spiro atoms. The highest BCUT2D eigenvalue weighted by Gasteiger charge is 2.35. The van der Waals surface area contributed by atoms with Crippen molar-refractivity contribution in [3.63, 3.8) is 0 Å². The first-order chi connectivity index (χ1) is 9.07. The van der Waals surface area contributed by atoms with E-state index in [1.165, 1.54) is 25.7 Å². The average Bonchev–Trinajstić information content (AvgIpc) is 2.88. The molecule has 0 atom stereocenters. The third-order valence-electron chi connectivity index (χ3n) is 3.97. The minimum absolute atomic E-state index is 0.196. The zero-order valence-corrected chi connectivity index (χ0v) is 12.5. The molecule has 5 nitrogen and oxygen atoms in total. The summed E-state index contributed by atoms with van der Waals surface area (Å²) in [6.45, 7) is 0.833. The molecule has 6 heteroatoms. The average molecular weight is 285 g/mol. The second-order valence-corrected chi connectivity index (χ2v) is 5.64. The van der Waals surface area contributed by atoms with E-state index < -0.39 is 0 Å². The molecule has 1 saturated carbocycles. The van der Waals surface area contributed by atoms with Gasteiger partial charge in [0.15, 0.2) is 5.82 Å². The van der Waals surface area contributed by atoms with Gasteiger partial charge in [0, 0.05) is 12.1 Å². The molecule has 0 saturated heterocycles. The summed E-state index contributed by atoms with van der Waals surface area (Å²) in [6, 6.07) is 0.331. The molecule has 1 heterocycles. The Morgan fingerprint density at radius 1 is 1.42 bits per heavy atom. The van der Waals surface area contributed by atoms with Crippen molar-refractivity contribution in [3.05, 3.63) is 11.2 Å². The zero-order valence-electron chi connectivity index (χ0n) is 11.7. The molecule has 2 rings (SSSR count). The van der Waals surface area contributed by atoms with Crippen molar-refractivity contribution >= 4 is 17.4 Å². The molecule has 0 amide bonds. The highest BCUT2D eigenvalue weighted by atomic mass is 35.5. The van der Waals surface area contributed by atoms with Crippen molar-refractivity contribution in [2.75, 3.05) is 33.1 Å². The number of nitrogens with one attached hydrogen (secondary N) is 1. The van der Waals surface area contributed by atoms with Crippen molar-refractivity contribution in [1.29, 1.82) is 0 Å². The van der Waals surface area contributed by atoms with E-state index in [1.54, 1.807) is 13.3 Å². The van der Waals surface area contributed by atoms with E-state index in [1.807, 2.05) is 0 Å². The largest absolute Gasteiger partial charge is 0.467 e. The minimum atomic E-state index is 0.196. The van der Waals surface area contributed by atoms with Crippen LogP contribution in [0.3, 0.4) is 0 Å². The number of halogens is 1. The topological polar surface area (TPSA) is 50.3 Å². The summed E-state index contributed by atoms with van der Waals surface area (Å²) >= 11 is 6.11. The first-order valence-corrected chi connectivity index (χ1v) is 6.93. The SMILES string of the molecule is COc1ncc(Cl)c(NCC2(N(C)C)CCCC2)n1. The maximum atomic E-state index is 6.11. The van der Waals surface area contributed by atoms with Crippen LogP contribution in [0.1, 0.15) is 25.7 Å². The molecule has 1 aliphatic rings. The molecule has 19 heavy (non-hydrogen) atoms. The molecule has 1 N–H and O–H groups in total. The molecule has 1 aromatic rings. The fourth-order valence-corrected chi connectivity index (χ4v) is 2.79. The monoisotopic (exact) mass is 284 g/mol. The first kappa shape index (κ1) is 14.3. The van der Waals surface area contributed by atoms with Crippen LogP contribution >= 0.6 is 11.6 Å². The van der Waals surface area contributed by atoms with Gasteiger partial charge in [-0.25, -0.2) is 4.98 Å². The highest BCUT2D eigenvalue weighted by Crippen LogP contribution is 2.34. The summed E-state index contributed by atoms with van der Waals surface area (Å²) in [5.41, 5.74) is 0.196. The number of methoxy groups -OCH3 is 1. The summed E-state index contributed by atoms with van der Waals surface area (Å²) < 4.78 is 5.02. The lowest BCUT2D eigenvalue weighted by atomic mass is 9.96. The van der Waals surface area contributed by atoms with Crippen LogP contribution in [-0.2, 0) is 0 Å². The standard InChI is InChI=1S/C13H21ClN4O/c1-18(2)13(6-4-5-7-13)9-16-11-10(14)8-15-12(17-11)19-3/h8H,4-7,9H2,1-3H3,(H,15,16,17). The second-order valence-electron chi connectivity index (χ2n) is 5.23. The Hall–Kier alpha value is -1.07. The van der Waals surface area contributed by atoms with Crippen LogP contribution in [0.15, 0.2) is 6.20 Å². The summed E-state index contributed by atoms with van der Waals surface area (Å²) in [5, 5.41) is 3.87. The van der Waals surface area contributed by atoms with E-state index in [9.17, 15) is 0 Å². The molecule has 0 bridgehead atoms. The number of rotatable bonds is 5. The third kappa shape index (κ3) is 3.09. The van der Waals surface area contributed by atoms with E-state index in [0.717, 1.165) is 6.54 Å². The van der Waals surface area contributed by atoms with Crippen molar-refractivity contribution in [2.24, 2.45) is 0 Å². The predicted octanol–water partition coefficient (Wildman–Crippen LogP) is 2.42. The van der Waals surface area contributed by atoms with Crippen molar-refractivity contribution in [2.45, 2.75) is 31.2 Å².